The highest BCUT2D eigenvalue weighted by Crippen LogP contribution is 2.32. The highest BCUT2D eigenvalue weighted by Gasteiger charge is 2.34. The Kier molecular flexibility index (Phi) is 4.22. The Morgan fingerprint density at radius 2 is 2.05 bits per heavy atom. The van der Waals surface area contributed by atoms with Crippen molar-refractivity contribution in [2.24, 2.45) is 5.73 Å². The van der Waals surface area contributed by atoms with Crippen LogP contribution in [0.3, 0.4) is 0 Å². The van der Waals surface area contributed by atoms with Crippen molar-refractivity contribution in [3.8, 4) is 0 Å². The molecule has 0 amide bonds. The molecule has 3 nitrogen and oxygen atoms in total. The van der Waals surface area contributed by atoms with Crippen LogP contribution in [0.5, 0.6) is 0 Å². The molecule has 2 atom stereocenters. The predicted molar refractivity (Wildman–Crippen MR) is 81.5 cm³/mol. The second kappa shape index (κ2) is 5.92. The van der Waals surface area contributed by atoms with Crippen LogP contribution in [0.15, 0.2) is 17.5 Å². The van der Waals surface area contributed by atoms with Crippen LogP contribution in [0, 0.1) is 0 Å². The van der Waals surface area contributed by atoms with Crippen molar-refractivity contribution >= 4 is 11.3 Å². The van der Waals surface area contributed by atoms with Crippen LogP contribution in [0.2, 0.25) is 0 Å². The second-order valence-corrected chi connectivity index (χ2v) is 6.81. The first-order chi connectivity index (χ1) is 9.29. The summed E-state index contributed by atoms with van der Waals surface area (Å²) in [6.07, 6.45) is 3.89. The van der Waals surface area contributed by atoms with Gasteiger partial charge in [-0.25, -0.2) is 0 Å². The maximum absolute atomic E-state index is 6.40. The number of piperazine rings is 1. The van der Waals surface area contributed by atoms with E-state index in [0.29, 0.717) is 6.04 Å². The summed E-state index contributed by atoms with van der Waals surface area (Å²) in [5.74, 6) is 0. The number of hydrogen-bond donors (Lipinski definition) is 1. The minimum Gasteiger partial charge on any atom is -0.326 e. The van der Waals surface area contributed by atoms with Gasteiger partial charge in [0.05, 0.1) is 6.04 Å². The fourth-order valence-electron chi connectivity index (χ4n) is 3.16. The Bertz CT molecular complexity index is 380. The Balaban J connectivity index is 1.66. The molecule has 1 aromatic heterocycles. The minimum atomic E-state index is 0.256. The Hall–Kier alpha value is -0.420. The van der Waals surface area contributed by atoms with E-state index >= 15 is 0 Å². The van der Waals surface area contributed by atoms with E-state index < -0.39 is 0 Å². The molecule has 19 heavy (non-hydrogen) atoms. The normalized spacial score (nSPS) is 25.4. The van der Waals surface area contributed by atoms with Gasteiger partial charge in [-0.1, -0.05) is 13.0 Å². The second-order valence-electron chi connectivity index (χ2n) is 5.84. The molecule has 2 heterocycles. The van der Waals surface area contributed by atoms with Crippen LogP contribution in [0.1, 0.15) is 37.1 Å². The van der Waals surface area contributed by atoms with Crippen LogP contribution in [-0.4, -0.2) is 48.1 Å². The van der Waals surface area contributed by atoms with Crippen LogP contribution >= 0.6 is 11.3 Å². The number of thiophene rings is 1. The fraction of sp³-hybridized carbons (Fsp3) is 0.733. The SMILES string of the molecule is CCC(N)C(c1cccs1)N1CCN(C2CC2)CC1. The summed E-state index contributed by atoms with van der Waals surface area (Å²) in [6, 6.07) is 5.98. The lowest BCUT2D eigenvalue weighted by molar-refractivity contribution is 0.0809. The summed E-state index contributed by atoms with van der Waals surface area (Å²) in [5.41, 5.74) is 6.40. The van der Waals surface area contributed by atoms with Gasteiger partial charge in [-0.05, 0) is 30.7 Å². The molecule has 1 aliphatic carbocycles. The van der Waals surface area contributed by atoms with Crippen molar-refractivity contribution in [1.82, 2.24) is 9.80 Å². The number of rotatable bonds is 5. The molecule has 0 bridgehead atoms. The van der Waals surface area contributed by atoms with E-state index in [0.717, 1.165) is 12.5 Å². The van der Waals surface area contributed by atoms with Gasteiger partial charge < -0.3 is 5.73 Å². The Morgan fingerprint density at radius 1 is 1.32 bits per heavy atom. The third kappa shape index (κ3) is 3.02. The highest BCUT2D eigenvalue weighted by atomic mass is 32.1. The van der Waals surface area contributed by atoms with Gasteiger partial charge in [0.15, 0.2) is 0 Å². The van der Waals surface area contributed by atoms with Crippen molar-refractivity contribution in [3.05, 3.63) is 22.4 Å². The molecule has 0 radical (unpaired) electrons. The van der Waals surface area contributed by atoms with Crippen molar-refractivity contribution in [2.75, 3.05) is 26.2 Å². The van der Waals surface area contributed by atoms with Gasteiger partial charge in [0.2, 0.25) is 0 Å². The van der Waals surface area contributed by atoms with Gasteiger partial charge in [-0.2, -0.15) is 0 Å². The monoisotopic (exact) mass is 279 g/mol. The summed E-state index contributed by atoms with van der Waals surface area (Å²) in [6.45, 7) is 7.00. The average Bonchev–Trinajstić information content (AvgIpc) is 3.17. The van der Waals surface area contributed by atoms with E-state index in [4.69, 9.17) is 5.73 Å². The van der Waals surface area contributed by atoms with Gasteiger partial charge in [0.25, 0.3) is 0 Å². The van der Waals surface area contributed by atoms with Gasteiger partial charge in [0.1, 0.15) is 0 Å². The average molecular weight is 279 g/mol. The van der Waals surface area contributed by atoms with Gasteiger partial charge >= 0.3 is 0 Å². The molecule has 1 saturated heterocycles. The number of nitrogens with zero attached hydrogens (tertiary/aromatic N) is 2. The third-order valence-corrected chi connectivity index (χ3v) is 5.46. The molecular formula is C15H25N3S. The Morgan fingerprint density at radius 3 is 2.58 bits per heavy atom. The van der Waals surface area contributed by atoms with E-state index in [9.17, 15) is 0 Å². The van der Waals surface area contributed by atoms with E-state index in [1.54, 1.807) is 0 Å². The molecule has 0 spiro atoms. The Labute approximate surface area is 120 Å². The standard InChI is InChI=1S/C15H25N3S/c1-2-13(16)15(14-4-3-11-19-14)18-9-7-17(8-10-18)12-5-6-12/h3-4,11-13,15H,2,5-10,16H2,1H3. The van der Waals surface area contributed by atoms with E-state index in [-0.39, 0.29) is 6.04 Å². The minimum absolute atomic E-state index is 0.256. The van der Waals surface area contributed by atoms with Crippen molar-refractivity contribution in [3.63, 3.8) is 0 Å². The van der Waals surface area contributed by atoms with Crippen LogP contribution < -0.4 is 5.73 Å². The molecule has 1 aromatic rings. The lowest BCUT2D eigenvalue weighted by atomic mass is 10.0. The van der Waals surface area contributed by atoms with E-state index in [1.807, 2.05) is 11.3 Å². The van der Waals surface area contributed by atoms with E-state index in [2.05, 4.69) is 34.2 Å². The smallest absolute Gasteiger partial charge is 0.0594 e. The zero-order chi connectivity index (χ0) is 13.2. The molecular weight excluding hydrogens is 254 g/mol. The van der Waals surface area contributed by atoms with Crippen molar-refractivity contribution in [2.45, 2.75) is 44.3 Å². The third-order valence-electron chi connectivity index (χ3n) is 4.52. The summed E-state index contributed by atoms with van der Waals surface area (Å²) in [4.78, 5) is 6.72. The molecule has 3 rings (SSSR count). The van der Waals surface area contributed by atoms with Gasteiger partial charge in [-0.15, -0.1) is 11.3 Å². The molecule has 106 valence electrons. The first kappa shape index (κ1) is 13.6. The number of hydrogen-bond acceptors (Lipinski definition) is 4. The van der Waals surface area contributed by atoms with Crippen molar-refractivity contribution in [1.29, 1.82) is 0 Å². The molecule has 2 aliphatic rings. The summed E-state index contributed by atoms with van der Waals surface area (Å²) >= 11 is 1.85. The summed E-state index contributed by atoms with van der Waals surface area (Å²) < 4.78 is 0. The largest absolute Gasteiger partial charge is 0.326 e. The molecule has 2 fully saturated rings. The van der Waals surface area contributed by atoms with E-state index in [1.165, 1.54) is 43.9 Å². The molecule has 0 aromatic carbocycles. The lowest BCUT2D eigenvalue weighted by Crippen LogP contribution is -2.51. The molecule has 2 unspecified atom stereocenters. The van der Waals surface area contributed by atoms with Crippen LogP contribution in [-0.2, 0) is 0 Å². The highest BCUT2D eigenvalue weighted by molar-refractivity contribution is 7.10. The van der Waals surface area contributed by atoms with Crippen molar-refractivity contribution < 1.29 is 0 Å². The van der Waals surface area contributed by atoms with Crippen LogP contribution in [0.25, 0.3) is 0 Å². The zero-order valence-corrected chi connectivity index (χ0v) is 12.6. The summed E-state index contributed by atoms with van der Waals surface area (Å²) in [5, 5.41) is 2.17. The lowest BCUT2D eigenvalue weighted by Gasteiger charge is -2.41. The maximum Gasteiger partial charge on any atom is 0.0594 e. The molecule has 4 heteroatoms. The molecule has 2 N–H and O–H groups in total. The van der Waals surface area contributed by atoms with Gasteiger partial charge in [0, 0.05) is 43.1 Å². The van der Waals surface area contributed by atoms with Gasteiger partial charge in [-0.3, -0.25) is 9.80 Å². The topological polar surface area (TPSA) is 32.5 Å². The first-order valence-corrected chi connectivity index (χ1v) is 8.44. The number of nitrogens with two attached hydrogens (primary N) is 1. The molecule has 1 aliphatic heterocycles. The zero-order valence-electron chi connectivity index (χ0n) is 11.8. The quantitative estimate of drug-likeness (QED) is 0.898. The first-order valence-electron chi connectivity index (χ1n) is 7.56. The predicted octanol–water partition coefficient (Wildman–Crippen LogP) is 2.31. The molecule has 1 saturated carbocycles. The van der Waals surface area contributed by atoms with Crippen LogP contribution in [0.4, 0.5) is 0 Å². The summed E-state index contributed by atoms with van der Waals surface area (Å²) in [7, 11) is 0. The fourth-order valence-corrected chi connectivity index (χ4v) is 4.10. The maximum atomic E-state index is 6.40.